The fourth-order valence-corrected chi connectivity index (χ4v) is 1.73. The Hall–Kier alpha value is -1.65. The van der Waals surface area contributed by atoms with Gasteiger partial charge in [-0.2, -0.15) is 0 Å². The van der Waals surface area contributed by atoms with E-state index in [-0.39, 0.29) is 0 Å². The van der Waals surface area contributed by atoms with Crippen molar-refractivity contribution >= 4 is 11.6 Å². The van der Waals surface area contributed by atoms with E-state index in [0.717, 1.165) is 0 Å². The summed E-state index contributed by atoms with van der Waals surface area (Å²) in [5.41, 5.74) is 1.18. The highest BCUT2D eigenvalue weighted by Crippen LogP contribution is 2.31. The Kier molecular flexibility index (Phi) is 3.56. The number of ether oxygens (including phenoxy) is 1. The van der Waals surface area contributed by atoms with Crippen molar-refractivity contribution in [3.63, 3.8) is 0 Å². The molecule has 17 heavy (non-hydrogen) atoms. The number of hydrogen-bond acceptors (Lipinski definition) is 4. The summed E-state index contributed by atoms with van der Waals surface area (Å²) in [5.74, 6) is 0.575. The molecule has 0 bridgehead atoms. The summed E-state index contributed by atoms with van der Waals surface area (Å²) in [6, 6.07) is 5.08. The van der Waals surface area contributed by atoms with Gasteiger partial charge in [0.1, 0.15) is 18.2 Å². The molecule has 0 spiro atoms. The molecule has 2 rings (SSSR count). The van der Waals surface area contributed by atoms with Crippen LogP contribution in [0.2, 0.25) is 5.02 Å². The summed E-state index contributed by atoms with van der Waals surface area (Å²) >= 11 is 5.91. The quantitative estimate of drug-likeness (QED) is 0.908. The lowest BCUT2D eigenvalue weighted by atomic mass is 10.0. The molecule has 0 fully saturated rings. The molecule has 0 amide bonds. The fourth-order valence-electron chi connectivity index (χ4n) is 1.55. The van der Waals surface area contributed by atoms with Crippen LogP contribution in [0.1, 0.15) is 17.2 Å². The van der Waals surface area contributed by atoms with Crippen molar-refractivity contribution in [2.45, 2.75) is 6.10 Å². The zero-order chi connectivity index (χ0) is 12.3. The third-order valence-corrected chi connectivity index (χ3v) is 2.62. The van der Waals surface area contributed by atoms with Crippen molar-refractivity contribution in [1.82, 2.24) is 9.97 Å². The van der Waals surface area contributed by atoms with Crippen molar-refractivity contribution < 1.29 is 9.84 Å². The van der Waals surface area contributed by atoms with Gasteiger partial charge >= 0.3 is 0 Å². The van der Waals surface area contributed by atoms with E-state index in [4.69, 9.17) is 16.3 Å². The van der Waals surface area contributed by atoms with Crippen molar-refractivity contribution in [3.05, 3.63) is 53.1 Å². The van der Waals surface area contributed by atoms with Crippen LogP contribution in [0.3, 0.4) is 0 Å². The molecular formula is C12H11ClN2O2. The second-order valence-electron chi connectivity index (χ2n) is 3.46. The zero-order valence-corrected chi connectivity index (χ0v) is 9.93. The van der Waals surface area contributed by atoms with E-state index in [1.165, 1.54) is 6.33 Å². The van der Waals surface area contributed by atoms with Crippen molar-refractivity contribution in [2.24, 2.45) is 0 Å². The molecule has 0 aliphatic carbocycles. The number of aliphatic hydroxyl groups is 1. The van der Waals surface area contributed by atoms with E-state index < -0.39 is 6.10 Å². The van der Waals surface area contributed by atoms with Gasteiger partial charge in [-0.25, -0.2) is 9.97 Å². The van der Waals surface area contributed by atoms with E-state index in [0.29, 0.717) is 21.9 Å². The summed E-state index contributed by atoms with van der Waals surface area (Å²) in [5, 5.41) is 10.7. The summed E-state index contributed by atoms with van der Waals surface area (Å²) in [6.45, 7) is 0. The largest absolute Gasteiger partial charge is 0.496 e. The molecule has 0 saturated carbocycles. The SMILES string of the molecule is COc1ccc(Cl)cc1C(O)c1cncnc1. The summed E-state index contributed by atoms with van der Waals surface area (Å²) in [6.07, 6.45) is 3.66. The van der Waals surface area contributed by atoms with Crippen LogP contribution in [-0.2, 0) is 0 Å². The number of benzene rings is 1. The number of rotatable bonds is 3. The van der Waals surface area contributed by atoms with Crippen LogP contribution in [0, 0.1) is 0 Å². The first-order chi connectivity index (χ1) is 8.22. The van der Waals surface area contributed by atoms with Crippen LogP contribution >= 0.6 is 11.6 Å². The highest BCUT2D eigenvalue weighted by Gasteiger charge is 2.16. The van der Waals surface area contributed by atoms with E-state index in [1.54, 1.807) is 37.7 Å². The first kappa shape index (κ1) is 11.8. The standard InChI is InChI=1S/C12H11ClN2O2/c1-17-11-3-2-9(13)4-10(11)12(16)8-5-14-7-15-6-8/h2-7,12,16H,1H3. The molecule has 5 heteroatoms. The number of methoxy groups -OCH3 is 1. The van der Waals surface area contributed by atoms with Crippen LogP contribution in [0.15, 0.2) is 36.9 Å². The Morgan fingerprint density at radius 2 is 2.00 bits per heavy atom. The predicted octanol–water partition coefficient (Wildman–Crippen LogP) is 2.22. The van der Waals surface area contributed by atoms with Crippen LogP contribution in [0.4, 0.5) is 0 Å². The van der Waals surface area contributed by atoms with Gasteiger partial charge in [-0.05, 0) is 18.2 Å². The Balaban J connectivity index is 2.43. The van der Waals surface area contributed by atoms with Gasteiger partial charge in [0.2, 0.25) is 0 Å². The van der Waals surface area contributed by atoms with Gasteiger partial charge in [0, 0.05) is 28.5 Å². The van der Waals surface area contributed by atoms with Crippen molar-refractivity contribution in [1.29, 1.82) is 0 Å². The lowest BCUT2D eigenvalue weighted by Crippen LogP contribution is -2.03. The molecule has 0 aliphatic rings. The fraction of sp³-hybridized carbons (Fsp3) is 0.167. The molecule has 1 aromatic heterocycles. The highest BCUT2D eigenvalue weighted by molar-refractivity contribution is 6.30. The Morgan fingerprint density at radius 1 is 1.29 bits per heavy atom. The van der Waals surface area contributed by atoms with Gasteiger partial charge in [0.05, 0.1) is 7.11 Å². The summed E-state index contributed by atoms with van der Waals surface area (Å²) < 4.78 is 5.18. The zero-order valence-electron chi connectivity index (χ0n) is 9.17. The second-order valence-corrected chi connectivity index (χ2v) is 3.90. The number of hydrogen-bond donors (Lipinski definition) is 1. The Morgan fingerprint density at radius 3 is 2.65 bits per heavy atom. The Bertz CT molecular complexity index is 505. The molecule has 1 atom stereocenters. The Labute approximate surface area is 104 Å². The number of nitrogens with zero attached hydrogens (tertiary/aromatic N) is 2. The minimum atomic E-state index is -0.857. The van der Waals surface area contributed by atoms with E-state index in [2.05, 4.69) is 9.97 Å². The topological polar surface area (TPSA) is 55.2 Å². The van der Waals surface area contributed by atoms with Crippen molar-refractivity contribution in [3.8, 4) is 5.75 Å². The predicted molar refractivity (Wildman–Crippen MR) is 64.1 cm³/mol. The van der Waals surface area contributed by atoms with Gasteiger partial charge in [-0.3, -0.25) is 0 Å². The van der Waals surface area contributed by atoms with Gasteiger partial charge in [0.25, 0.3) is 0 Å². The van der Waals surface area contributed by atoms with Crippen LogP contribution in [0.5, 0.6) is 5.75 Å². The number of halogens is 1. The smallest absolute Gasteiger partial charge is 0.125 e. The number of aromatic nitrogens is 2. The lowest BCUT2D eigenvalue weighted by Gasteiger charge is -2.14. The average Bonchev–Trinajstić information content (AvgIpc) is 2.39. The molecule has 1 unspecified atom stereocenters. The maximum Gasteiger partial charge on any atom is 0.125 e. The molecule has 0 aliphatic heterocycles. The average molecular weight is 251 g/mol. The molecule has 2 aromatic rings. The minimum Gasteiger partial charge on any atom is -0.496 e. The van der Waals surface area contributed by atoms with Gasteiger partial charge in [-0.1, -0.05) is 11.6 Å². The van der Waals surface area contributed by atoms with Crippen LogP contribution in [0.25, 0.3) is 0 Å². The normalized spacial score (nSPS) is 12.2. The van der Waals surface area contributed by atoms with Crippen molar-refractivity contribution in [2.75, 3.05) is 7.11 Å². The van der Waals surface area contributed by atoms with E-state index in [9.17, 15) is 5.11 Å². The maximum absolute atomic E-state index is 10.2. The minimum absolute atomic E-state index is 0.539. The molecule has 0 radical (unpaired) electrons. The molecular weight excluding hydrogens is 240 g/mol. The molecule has 88 valence electrons. The third kappa shape index (κ3) is 2.54. The monoisotopic (exact) mass is 250 g/mol. The maximum atomic E-state index is 10.2. The van der Waals surface area contributed by atoms with Crippen LogP contribution in [-0.4, -0.2) is 22.2 Å². The molecule has 1 N–H and O–H groups in total. The second kappa shape index (κ2) is 5.12. The van der Waals surface area contributed by atoms with Gasteiger partial charge in [-0.15, -0.1) is 0 Å². The summed E-state index contributed by atoms with van der Waals surface area (Å²) in [4.78, 5) is 7.73. The molecule has 4 nitrogen and oxygen atoms in total. The highest BCUT2D eigenvalue weighted by atomic mass is 35.5. The molecule has 1 heterocycles. The van der Waals surface area contributed by atoms with E-state index >= 15 is 0 Å². The van der Waals surface area contributed by atoms with Gasteiger partial charge in [0.15, 0.2) is 0 Å². The first-order valence-corrected chi connectivity index (χ1v) is 5.36. The van der Waals surface area contributed by atoms with E-state index in [1.807, 2.05) is 0 Å². The lowest BCUT2D eigenvalue weighted by molar-refractivity contribution is 0.214. The first-order valence-electron chi connectivity index (χ1n) is 4.99. The molecule has 1 aromatic carbocycles. The van der Waals surface area contributed by atoms with Gasteiger partial charge < -0.3 is 9.84 Å². The number of aliphatic hydroxyl groups excluding tert-OH is 1. The summed E-state index contributed by atoms with van der Waals surface area (Å²) in [7, 11) is 1.54. The van der Waals surface area contributed by atoms with Crippen LogP contribution < -0.4 is 4.74 Å². The molecule has 0 saturated heterocycles. The third-order valence-electron chi connectivity index (χ3n) is 2.38.